The smallest absolute Gasteiger partial charge is 0.340 e. The van der Waals surface area contributed by atoms with E-state index in [1.54, 1.807) is 0 Å². The van der Waals surface area contributed by atoms with Gasteiger partial charge in [-0.1, -0.05) is 5.16 Å². The second-order valence-corrected chi connectivity index (χ2v) is 6.23. The minimum atomic E-state index is -4.74. The first-order valence-corrected chi connectivity index (χ1v) is 8.25. The normalized spacial score (nSPS) is 11.8. The summed E-state index contributed by atoms with van der Waals surface area (Å²) in [6, 6.07) is 6.00. The molecule has 0 aliphatic carbocycles. The fraction of sp³-hybridized carbons (Fsp3) is 0.105. The number of fused-ring (bicyclic) bond motifs is 1. The Morgan fingerprint density at radius 1 is 1.07 bits per heavy atom. The van der Waals surface area contributed by atoms with Gasteiger partial charge in [-0.25, -0.2) is 13.2 Å². The van der Waals surface area contributed by atoms with E-state index in [9.17, 15) is 26.3 Å². The van der Waals surface area contributed by atoms with E-state index in [0.29, 0.717) is 12.1 Å². The Labute approximate surface area is 163 Å². The zero-order valence-electron chi connectivity index (χ0n) is 14.6. The average Bonchev–Trinajstić information content (AvgIpc) is 3.27. The summed E-state index contributed by atoms with van der Waals surface area (Å²) < 4.78 is 87.2. The number of benzene rings is 2. The van der Waals surface area contributed by atoms with Crippen LogP contribution in [-0.2, 0) is 12.7 Å². The lowest BCUT2D eigenvalue weighted by Crippen LogP contribution is -2.09. The van der Waals surface area contributed by atoms with Gasteiger partial charge in [0.25, 0.3) is 5.89 Å². The van der Waals surface area contributed by atoms with Gasteiger partial charge in [-0.05, 0) is 18.2 Å². The predicted molar refractivity (Wildman–Crippen MR) is 90.4 cm³/mol. The summed E-state index contributed by atoms with van der Waals surface area (Å²) in [6.45, 7) is -0.180. The lowest BCUT2D eigenvalue weighted by molar-refractivity contribution is -0.136. The fourth-order valence-corrected chi connectivity index (χ4v) is 3.13. The van der Waals surface area contributed by atoms with Crippen molar-refractivity contribution in [1.29, 1.82) is 5.26 Å². The molecule has 4 rings (SSSR count). The minimum absolute atomic E-state index is 0.0801. The molecule has 30 heavy (non-hydrogen) atoms. The maximum Gasteiger partial charge on any atom is 0.418 e. The van der Waals surface area contributed by atoms with Crippen LogP contribution in [0.1, 0.15) is 17.0 Å². The van der Waals surface area contributed by atoms with Crippen LogP contribution < -0.4 is 0 Å². The summed E-state index contributed by atoms with van der Waals surface area (Å²) in [6.07, 6.45) is -3.41. The number of hydrogen-bond donors (Lipinski definition) is 0. The van der Waals surface area contributed by atoms with Crippen LogP contribution in [0.4, 0.5) is 26.3 Å². The number of aromatic nitrogens is 3. The van der Waals surface area contributed by atoms with Crippen LogP contribution in [0.5, 0.6) is 0 Å². The van der Waals surface area contributed by atoms with E-state index in [4.69, 9.17) is 9.78 Å². The molecule has 0 bridgehead atoms. The zero-order valence-corrected chi connectivity index (χ0v) is 14.6. The van der Waals surface area contributed by atoms with Gasteiger partial charge in [0.1, 0.15) is 23.0 Å². The molecule has 152 valence electrons. The van der Waals surface area contributed by atoms with Gasteiger partial charge in [0.15, 0.2) is 5.82 Å². The van der Waals surface area contributed by atoms with E-state index in [-0.39, 0.29) is 23.3 Å². The van der Waals surface area contributed by atoms with Crippen molar-refractivity contribution in [2.24, 2.45) is 0 Å². The van der Waals surface area contributed by atoms with E-state index in [0.717, 1.165) is 6.07 Å². The molecular formula is C19H8F6N4O. The topological polar surface area (TPSA) is 67.6 Å². The van der Waals surface area contributed by atoms with E-state index in [1.807, 2.05) is 0 Å². The van der Waals surface area contributed by atoms with E-state index in [2.05, 4.69) is 10.1 Å². The molecule has 2 aromatic carbocycles. The number of rotatable bonds is 3. The third-order valence-electron chi connectivity index (χ3n) is 4.36. The largest absolute Gasteiger partial charge is 0.418 e. The predicted octanol–water partition coefficient (Wildman–Crippen LogP) is 5.05. The minimum Gasteiger partial charge on any atom is -0.340 e. The third-order valence-corrected chi connectivity index (χ3v) is 4.36. The third kappa shape index (κ3) is 3.26. The number of hydrogen-bond acceptors (Lipinski definition) is 4. The van der Waals surface area contributed by atoms with Gasteiger partial charge in [-0.3, -0.25) is 0 Å². The Balaban J connectivity index is 1.73. The maximum atomic E-state index is 13.9. The molecule has 0 amide bonds. The first-order valence-electron chi connectivity index (χ1n) is 8.25. The lowest BCUT2D eigenvalue weighted by atomic mass is 10.0. The molecule has 0 aliphatic rings. The van der Waals surface area contributed by atoms with Gasteiger partial charge in [-0.2, -0.15) is 23.4 Å². The van der Waals surface area contributed by atoms with Gasteiger partial charge in [0.2, 0.25) is 0 Å². The second kappa shape index (κ2) is 6.91. The van der Waals surface area contributed by atoms with Crippen LogP contribution in [0, 0.1) is 28.8 Å². The van der Waals surface area contributed by atoms with Crippen LogP contribution in [0.25, 0.3) is 22.4 Å². The molecular weight excluding hydrogens is 414 g/mol. The molecule has 0 atom stereocenters. The van der Waals surface area contributed by atoms with Crippen molar-refractivity contribution in [3.63, 3.8) is 0 Å². The molecule has 0 unspecified atom stereocenters. The van der Waals surface area contributed by atoms with Crippen molar-refractivity contribution in [3.05, 3.63) is 70.9 Å². The summed E-state index contributed by atoms with van der Waals surface area (Å²) in [4.78, 5) is 3.84. The highest BCUT2D eigenvalue weighted by atomic mass is 19.4. The van der Waals surface area contributed by atoms with Gasteiger partial charge >= 0.3 is 6.18 Å². The van der Waals surface area contributed by atoms with Crippen LogP contribution in [-0.4, -0.2) is 14.7 Å². The molecule has 0 saturated carbocycles. The number of nitriles is 1. The van der Waals surface area contributed by atoms with E-state index in [1.165, 1.54) is 29.0 Å². The molecule has 0 radical (unpaired) electrons. The second-order valence-electron chi connectivity index (χ2n) is 6.23. The molecule has 2 heterocycles. The Kier molecular flexibility index (Phi) is 4.49. The molecule has 4 aromatic rings. The molecule has 5 nitrogen and oxygen atoms in total. The van der Waals surface area contributed by atoms with Gasteiger partial charge in [0, 0.05) is 29.2 Å². The van der Waals surface area contributed by atoms with Crippen LogP contribution in [0.3, 0.4) is 0 Å². The Bertz CT molecular complexity index is 1290. The molecule has 2 aromatic heterocycles. The standard InChI is InChI=1S/C19H8F6N4O/c20-10-5-12(21)16(13(22)6-10)18-27-15(28-30-18)8-29-4-3-11-14(29)2-1-9(7-26)17(11)19(23,24)25/h1-6H,8H2. The number of nitrogens with zero attached hydrogens (tertiary/aromatic N) is 4. The van der Waals surface area contributed by atoms with Crippen molar-refractivity contribution in [2.45, 2.75) is 12.7 Å². The summed E-state index contributed by atoms with van der Waals surface area (Å²) >= 11 is 0. The molecule has 0 spiro atoms. The zero-order chi connectivity index (χ0) is 21.6. The quantitative estimate of drug-likeness (QED) is 0.434. The summed E-state index contributed by atoms with van der Waals surface area (Å²) in [5, 5.41) is 12.4. The van der Waals surface area contributed by atoms with Crippen molar-refractivity contribution >= 4 is 10.9 Å². The highest BCUT2D eigenvalue weighted by molar-refractivity contribution is 5.86. The molecule has 0 fully saturated rings. The van der Waals surface area contributed by atoms with Crippen LogP contribution >= 0.6 is 0 Å². The highest BCUT2D eigenvalue weighted by Gasteiger charge is 2.36. The first kappa shape index (κ1) is 19.5. The lowest BCUT2D eigenvalue weighted by Gasteiger charge is -2.11. The van der Waals surface area contributed by atoms with Crippen molar-refractivity contribution < 1.29 is 30.9 Å². The van der Waals surface area contributed by atoms with E-state index >= 15 is 0 Å². The van der Waals surface area contributed by atoms with Crippen LogP contribution in [0.15, 0.2) is 41.1 Å². The summed E-state index contributed by atoms with van der Waals surface area (Å²) in [5.74, 6) is -4.23. The molecule has 0 saturated heterocycles. The van der Waals surface area contributed by atoms with Crippen molar-refractivity contribution in [3.8, 4) is 17.5 Å². The highest BCUT2D eigenvalue weighted by Crippen LogP contribution is 2.37. The SMILES string of the molecule is N#Cc1ccc2c(ccn2Cc2noc(-c3c(F)cc(F)cc3F)n2)c1C(F)(F)F. The number of alkyl halides is 3. The van der Waals surface area contributed by atoms with Crippen molar-refractivity contribution in [1.82, 2.24) is 14.7 Å². The fourth-order valence-electron chi connectivity index (χ4n) is 3.13. The summed E-state index contributed by atoms with van der Waals surface area (Å²) in [5.41, 5.74) is -2.15. The molecule has 0 aliphatic heterocycles. The Morgan fingerprint density at radius 2 is 1.77 bits per heavy atom. The molecule has 0 N–H and O–H groups in total. The van der Waals surface area contributed by atoms with E-state index < -0.39 is 46.2 Å². The van der Waals surface area contributed by atoms with Crippen LogP contribution in [0.2, 0.25) is 0 Å². The maximum absolute atomic E-state index is 13.9. The van der Waals surface area contributed by atoms with Gasteiger partial charge in [-0.15, -0.1) is 0 Å². The Morgan fingerprint density at radius 3 is 2.40 bits per heavy atom. The summed E-state index contributed by atoms with van der Waals surface area (Å²) in [7, 11) is 0. The number of halogens is 6. The molecule has 11 heteroatoms. The van der Waals surface area contributed by atoms with Gasteiger partial charge in [0.05, 0.1) is 23.7 Å². The average molecular weight is 422 g/mol. The van der Waals surface area contributed by atoms with Crippen molar-refractivity contribution in [2.75, 3.05) is 0 Å². The monoisotopic (exact) mass is 422 g/mol. The van der Waals surface area contributed by atoms with Gasteiger partial charge < -0.3 is 9.09 Å². The Hall–Kier alpha value is -3.81. The first-order chi connectivity index (χ1) is 14.2.